The highest BCUT2D eigenvalue weighted by Crippen LogP contribution is 2.26. The summed E-state index contributed by atoms with van der Waals surface area (Å²) >= 11 is 0. The second kappa shape index (κ2) is 6.26. The molecule has 1 N–H and O–H groups in total. The molecule has 3 rings (SSSR count). The number of hydrogen-bond acceptors (Lipinski definition) is 3. The normalized spacial score (nSPS) is 17.2. The molecule has 1 aromatic heterocycles. The lowest BCUT2D eigenvalue weighted by atomic mass is 10.1. The van der Waals surface area contributed by atoms with E-state index in [4.69, 9.17) is 4.74 Å². The maximum atomic E-state index is 14.6. The first-order valence-electron chi connectivity index (χ1n) is 8.13. The summed E-state index contributed by atoms with van der Waals surface area (Å²) in [4.78, 5) is 16.3. The molecule has 5 nitrogen and oxygen atoms in total. The van der Waals surface area contributed by atoms with Crippen LogP contribution in [0.15, 0.2) is 30.3 Å². The Balaban J connectivity index is 1.74. The summed E-state index contributed by atoms with van der Waals surface area (Å²) in [5.41, 5.74) is 0.584. The van der Waals surface area contributed by atoms with Gasteiger partial charge in [-0.3, -0.25) is 0 Å². The van der Waals surface area contributed by atoms with Gasteiger partial charge in [-0.05, 0) is 27.2 Å². The molecule has 1 aliphatic heterocycles. The molecule has 0 bridgehead atoms. The molecule has 2 aromatic rings. The van der Waals surface area contributed by atoms with Crippen LogP contribution in [-0.4, -0.2) is 27.3 Å². The molecule has 1 atom stereocenters. The lowest BCUT2D eigenvalue weighted by molar-refractivity contribution is 0.0496. The molecular formula is C18H22FN3O2. The first-order chi connectivity index (χ1) is 11.3. The number of benzene rings is 1. The summed E-state index contributed by atoms with van der Waals surface area (Å²) < 4.78 is 21.5. The van der Waals surface area contributed by atoms with Crippen molar-refractivity contribution in [1.82, 2.24) is 14.9 Å². The molecule has 0 fully saturated rings. The van der Waals surface area contributed by atoms with Crippen LogP contribution < -0.4 is 5.32 Å². The first kappa shape index (κ1) is 16.5. The van der Waals surface area contributed by atoms with Crippen LogP contribution in [0.4, 0.5) is 9.18 Å². The standard InChI is InChI=1S/C18H22FN3O2/c1-18(2,3)24-17(23)20-13-9-10-22-14(11-13)21-15(16(22)19)12-7-5-4-6-8-12/h4-8,13H,9-11H2,1-3H3,(H,20,23). The van der Waals surface area contributed by atoms with E-state index in [1.165, 1.54) is 0 Å². The van der Waals surface area contributed by atoms with E-state index in [0.29, 0.717) is 30.9 Å². The monoisotopic (exact) mass is 331 g/mol. The van der Waals surface area contributed by atoms with Gasteiger partial charge in [-0.2, -0.15) is 4.39 Å². The molecule has 128 valence electrons. The number of carbonyl (C=O) groups excluding carboxylic acids is 1. The Morgan fingerprint density at radius 1 is 1.33 bits per heavy atom. The van der Waals surface area contributed by atoms with E-state index < -0.39 is 11.7 Å². The Bertz CT molecular complexity index is 735. The molecule has 0 radical (unpaired) electrons. The van der Waals surface area contributed by atoms with E-state index in [-0.39, 0.29) is 12.0 Å². The predicted octanol–water partition coefficient (Wildman–Crippen LogP) is 3.53. The van der Waals surface area contributed by atoms with Gasteiger partial charge in [0.15, 0.2) is 0 Å². The number of rotatable bonds is 2. The minimum absolute atomic E-state index is 0.0993. The topological polar surface area (TPSA) is 56.1 Å². The Morgan fingerprint density at radius 3 is 2.71 bits per heavy atom. The Hall–Kier alpha value is -2.37. The molecule has 1 unspecified atom stereocenters. The number of fused-ring (bicyclic) bond motifs is 1. The van der Waals surface area contributed by atoms with Crippen molar-refractivity contribution in [3.8, 4) is 11.3 Å². The number of nitrogens with zero attached hydrogens (tertiary/aromatic N) is 2. The Labute approximate surface area is 140 Å². The van der Waals surface area contributed by atoms with Crippen molar-refractivity contribution in [3.05, 3.63) is 42.1 Å². The van der Waals surface area contributed by atoms with E-state index in [1.807, 2.05) is 51.1 Å². The quantitative estimate of drug-likeness (QED) is 0.916. The van der Waals surface area contributed by atoms with E-state index in [1.54, 1.807) is 4.57 Å². The van der Waals surface area contributed by atoms with Gasteiger partial charge in [0.25, 0.3) is 0 Å². The van der Waals surface area contributed by atoms with E-state index in [2.05, 4.69) is 10.3 Å². The van der Waals surface area contributed by atoms with E-state index in [9.17, 15) is 9.18 Å². The fourth-order valence-corrected chi connectivity index (χ4v) is 2.84. The fourth-order valence-electron chi connectivity index (χ4n) is 2.84. The molecule has 0 spiro atoms. The van der Waals surface area contributed by atoms with Gasteiger partial charge in [0.1, 0.15) is 17.1 Å². The summed E-state index contributed by atoms with van der Waals surface area (Å²) in [5.74, 6) is 0.338. The molecule has 0 aliphatic carbocycles. The highest BCUT2D eigenvalue weighted by molar-refractivity contribution is 5.68. The number of imidazole rings is 1. The van der Waals surface area contributed by atoms with Crippen LogP contribution in [0.25, 0.3) is 11.3 Å². The number of aromatic nitrogens is 2. The summed E-state index contributed by atoms with van der Waals surface area (Å²) in [6.45, 7) is 5.95. The van der Waals surface area contributed by atoms with Crippen LogP contribution in [-0.2, 0) is 17.7 Å². The zero-order valence-electron chi connectivity index (χ0n) is 14.2. The van der Waals surface area contributed by atoms with Crippen LogP contribution in [0.5, 0.6) is 0 Å². The maximum Gasteiger partial charge on any atom is 0.407 e. The zero-order valence-corrected chi connectivity index (χ0v) is 14.2. The third-order valence-electron chi connectivity index (χ3n) is 3.88. The molecule has 2 heterocycles. The molecular weight excluding hydrogens is 309 g/mol. The van der Waals surface area contributed by atoms with Crippen molar-refractivity contribution >= 4 is 6.09 Å². The van der Waals surface area contributed by atoms with Gasteiger partial charge in [-0.15, -0.1) is 0 Å². The first-order valence-corrected chi connectivity index (χ1v) is 8.13. The van der Waals surface area contributed by atoms with Crippen LogP contribution in [0.3, 0.4) is 0 Å². The average Bonchev–Trinajstić information content (AvgIpc) is 2.83. The van der Waals surface area contributed by atoms with Gasteiger partial charge in [0.2, 0.25) is 5.95 Å². The lowest BCUT2D eigenvalue weighted by Crippen LogP contribution is -2.43. The molecule has 24 heavy (non-hydrogen) atoms. The Kier molecular flexibility index (Phi) is 4.30. The van der Waals surface area contributed by atoms with Crippen molar-refractivity contribution in [2.24, 2.45) is 0 Å². The van der Waals surface area contributed by atoms with Gasteiger partial charge < -0.3 is 14.6 Å². The van der Waals surface area contributed by atoms with E-state index in [0.717, 1.165) is 5.56 Å². The molecule has 1 aromatic carbocycles. The summed E-state index contributed by atoms with van der Waals surface area (Å²) in [6, 6.07) is 9.19. The maximum absolute atomic E-state index is 14.6. The molecule has 1 aliphatic rings. The number of alkyl carbamates (subject to hydrolysis) is 1. The van der Waals surface area contributed by atoms with Crippen molar-refractivity contribution < 1.29 is 13.9 Å². The summed E-state index contributed by atoms with van der Waals surface area (Å²) in [7, 11) is 0. The predicted molar refractivity (Wildman–Crippen MR) is 89.1 cm³/mol. The van der Waals surface area contributed by atoms with Crippen molar-refractivity contribution in [2.75, 3.05) is 0 Å². The second-order valence-corrected chi connectivity index (χ2v) is 7.02. The van der Waals surface area contributed by atoms with Crippen molar-refractivity contribution in [3.63, 3.8) is 0 Å². The summed E-state index contributed by atoms with van der Waals surface area (Å²) in [6.07, 6.45) is 0.688. The Morgan fingerprint density at radius 2 is 2.04 bits per heavy atom. The zero-order chi connectivity index (χ0) is 17.3. The summed E-state index contributed by atoms with van der Waals surface area (Å²) in [5, 5.41) is 2.85. The largest absolute Gasteiger partial charge is 0.444 e. The smallest absolute Gasteiger partial charge is 0.407 e. The third kappa shape index (κ3) is 3.58. The van der Waals surface area contributed by atoms with Crippen LogP contribution in [0, 0.1) is 5.95 Å². The van der Waals surface area contributed by atoms with Crippen molar-refractivity contribution in [1.29, 1.82) is 0 Å². The molecule has 1 amide bonds. The fraction of sp³-hybridized carbons (Fsp3) is 0.444. The highest BCUT2D eigenvalue weighted by Gasteiger charge is 2.27. The number of ether oxygens (including phenoxy) is 1. The van der Waals surface area contributed by atoms with Crippen LogP contribution in [0.2, 0.25) is 0 Å². The molecule has 0 saturated carbocycles. The highest BCUT2D eigenvalue weighted by atomic mass is 19.1. The average molecular weight is 331 g/mol. The van der Waals surface area contributed by atoms with Crippen LogP contribution in [0.1, 0.15) is 33.0 Å². The minimum atomic E-state index is -0.538. The van der Waals surface area contributed by atoms with Crippen LogP contribution >= 0.6 is 0 Å². The number of hydrogen-bond donors (Lipinski definition) is 1. The van der Waals surface area contributed by atoms with Gasteiger partial charge >= 0.3 is 6.09 Å². The van der Waals surface area contributed by atoms with Gasteiger partial charge in [-0.25, -0.2) is 9.78 Å². The third-order valence-corrected chi connectivity index (χ3v) is 3.88. The van der Waals surface area contributed by atoms with Gasteiger partial charge in [-0.1, -0.05) is 30.3 Å². The van der Waals surface area contributed by atoms with Crippen molar-refractivity contribution in [2.45, 2.75) is 51.8 Å². The number of amides is 1. The molecule has 6 heteroatoms. The minimum Gasteiger partial charge on any atom is -0.444 e. The number of carbonyl (C=O) groups is 1. The number of halogens is 1. The SMILES string of the molecule is CC(C)(C)OC(=O)NC1CCn2c(nc(-c3ccccc3)c2F)C1. The number of nitrogens with one attached hydrogen (secondary N) is 1. The van der Waals surface area contributed by atoms with E-state index >= 15 is 0 Å². The van der Waals surface area contributed by atoms with Gasteiger partial charge in [0, 0.05) is 24.6 Å². The molecule has 0 saturated heterocycles. The second-order valence-electron chi connectivity index (χ2n) is 7.02. The lowest BCUT2D eigenvalue weighted by Gasteiger charge is -2.26. The van der Waals surface area contributed by atoms with Gasteiger partial charge in [0.05, 0.1) is 0 Å².